The SMILES string of the molecule is Cc1ccc(Nc2nccc(NCc3ccc(NC(=O)Nc4cc(F)cc(C(F)(F)F)c4)cc3)n2)cc1C(=O)OCCO. The molecule has 4 aromatic rings. The Hall–Kier alpha value is -5.24. The molecule has 0 saturated carbocycles. The lowest BCUT2D eigenvalue weighted by atomic mass is 10.1. The molecule has 0 aliphatic heterocycles. The lowest BCUT2D eigenvalue weighted by Crippen LogP contribution is -2.20. The monoisotopic (exact) mass is 598 g/mol. The van der Waals surface area contributed by atoms with E-state index in [2.05, 4.69) is 31.2 Å². The van der Waals surface area contributed by atoms with Crippen LogP contribution in [-0.2, 0) is 17.5 Å². The van der Waals surface area contributed by atoms with E-state index < -0.39 is 29.6 Å². The van der Waals surface area contributed by atoms with E-state index in [4.69, 9.17) is 9.84 Å². The van der Waals surface area contributed by atoms with Crippen molar-refractivity contribution in [1.82, 2.24) is 9.97 Å². The minimum atomic E-state index is -4.76. The second kappa shape index (κ2) is 13.6. The number of nitrogens with one attached hydrogen (secondary N) is 4. The first-order valence-corrected chi connectivity index (χ1v) is 12.8. The highest BCUT2D eigenvalue weighted by Crippen LogP contribution is 2.31. The molecule has 10 nitrogen and oxygen atoms in total. The van der Waals surface area contributed by atoms with Gasteiger partial charge in [0.1, 0.15) is 18.2 Å². The quantitative estimate of drug-likeness (QED) is 0.109. The Morgan fingerprint density at radius 1 is 0.930 bits per heavy atom. The van der Waals surface area contributed by atoms with Crippen molar-refractivity contribution in [2.24, 2.45) is 0 Å². The average Bonchev–Trinajstić information content (AvgIpc) is 2.96. The van der Waals surface area contributed by atoms with Gasteiger partial charge in [0, 0.05) is 29.8 Å². The number of carbonyl (C=O) groups is 2. The maximum atomic E-state index is 13.6. The van der Waals surface area contributed by atoms with Crippen LogP contribution in [0.5, 0.6) is 0 Å². The van der Waals surface area contributed by atoms with Crippen LogP contribution in [-0.4, -0.2) is 40.3 Å². The zero-order chi connectivity index (χ0) is 31.0. The smallest absolute Gasteiger partial charge is 0.416 e. The van der Waals surface area contributed by atoms with Crippen LogP contribution in [0.25, 0.3) is 0 Å². The number of aryl methyl sites for hydroxylation is 1. The van der Waals surface area contributed by atoms with E-state index in [1.165, 1.54) is 0 Å². The summed E-state index contributed by atoms with van der Waals surface area (Å²) in [5.41, 5.74) is 1.23. The largest absolute Gasteiger partial charge is 0.460 e. The summed E-state index contributed by atoms with van der Waals surface area (Å²) in [5, 5.41) is 19.7. The molecule has 0 bridgehead atoms. The Morgan fingerprint density at radius 3 is 2.37 bits per heavy atom. The van der Waals surface area contributed by atoms with Crippen molar-refractivity contribution < 1.29 is 37.0 Å². The Bertz CT molecular complexity index is 1600. The predicted molar refractivity (Wildman–Crippen MR) is 152 cm³/mol. The van der Waals surface area contributed by atoms with Crippen LogP contribution in [0, 0.1) is 12.7 Å². The maximum absolute atomic E-state index is 13.6. The van der Waals surface area contributed by atoms with Crippen molar-refractivity contribution in [1.29, 1.82) is 0 Å². The Labute approximate surface area is 243 Å². The summed E-state index contributed by atoms with van der Waals surface area (Å²) in [4.78, 5) is 33.1. The first kappa shape index (κ1) is 30.7. The third-order valence-corrected chi connectivity index (χ3v) is 5.86. The van der Waals surface area contributed by atoms with Crippen molar-refractivity contribution in [3.05, 3.63) is 101 Å². The minimum Gasteiger partial charge on any atom is -0.460 e. The van der Waals surface area contributed by atoms with Crippen LogP contribution < -0.4 is 21.3 Å². The first-order chi connectivity index (χ1) is 20.5. The summed E-state index contributed by atoms with van der Waals surface area (Å²) in [6.07, 6.45) is -3.21. The summed E-state index contributed by atoms with van der Waals surface area (Å²) >= 11 is 0. The highest BCUT2D eigenvalue weighted by molar-refractivity contribution is 5.99. The number of aliphatic hydroxyl groups is 1. The van der Waals surface area contributed by atoms with Gasteiger partial charge in [0.15, 0.2) is 0 Å². The molecule has 5 N–H and O–H groups in total. The normalized spacial score (nSPS) is 11.0. The molecule has 2 amide bonds. The second-order valence-corrected chi connectivity index (χ2v) is 9.14. The van der Waals surface area contributed by atoms with E-state index in [-0.39, 0.29) is 24.8 Å². The number of halogens is 4. The number of benzene rings is 3. The van der Waals surface area contributed by atoms with E-state index in [0.717, 1.165) is 11.6 Å². The summed E-state index contributed by atoms with van der Waals surface area (Å²) < 4.78 is 57.3. The fourth-order valence-electron chi connectivity index (χ4n) is 3.80. The zero-order valence-electron chi connectivity index (χ0n) is 22.6. The van der Waals surface area contributed by atoms with Crippen molar-refractivity contribution in [2.45, 2.75) is 19.6 Å². The van der Waals surface area contributed by atoms with Gasteiger partial charge in [-0.05, 0) is 66.6 Å². The number of nitrogens with zero attached hydrogens (tertiary/aromatic N) is 2. The molecule has 14 heteroatoms. The number of urea groups is 1. The van der Waals surface area contributed by atoms with Gasteiger partial charge in [0.25, 0.3) is 0 Å². The van der Waals surface area contributed by atoms with Gasteiger partial charge >= 0.3 is 18.2 Å². The van der Waals surface area contributed by atoms with Crippen LogP contribution in [0.3, 0.4) is 0 Å². The molecule has 43 heavy (non-hydrogen) atoms. The summed E-state index contributed by atoms with van der Waals surface area (Å²) in [7, 11) is 0. The number of anilines is 5. The molecule has 0 spiro atoms. The molecule has 4 rings (SSSR count). The molecular formula is C29H26F4N6O4. The van der Waals surface area contributed by atoms with Crippen molar-refractivity contribution >= 4 is 40.8 Å². The van der Waals surface area contributed by atoms with Gasteiger partial charge in [-0.1, -0.05) is 18.2 Å². The summed E-state index contributed by atoms with van der Waals surface area (Å²) in [6, 6.07) is 14.3. The third kappa shape index (κ3) is 8.87. The molecule has 1 heterocycles. The fourth-order valence-corrected chi connectivity index (χ4v) is 3.80. The molecule has 0 aliphatic rings. The lowest BCUT2D eigenvalue weighted by molar-refractivity contribution is -0.137. The van der Waals surface area contributed by atoms with Crippen molar-refractivity contribution in [3.8, 4) is 0 Å². The topological polar surface area (TPSA) is 138 Å². The van der Waals surface area contributed by atoms with Gasteiger partial charge in [-0.3, -0.25) is 0 Å². The highest BCUT2D eigenvalue weighted by Gasteiger charge is 2.31. The Balaban J connectivity index is 1.32. The highest BCUT2D eigenvalue weighted by atomic mass is 19.4. The molecule has 0 atom stereocenters. The molecule has 3 aromatic carbocycles. The van der Waals surface area contributed by atoms with Crippen LogP contribution in [0.4, 0.5) is 51.2 Å². The van der Waals surface area contributed by atoms with Crippen LogP contribution in [0.1, 0.15) is 27.0 Å². The lowest BCUT2D eigenvalue weighted by Gasteiger charge is -2.12. The number of alkyl halides is 3. The molecule has 0 aliphatic carbocycles. The zero-order valence-corrected chi connectivity index (χ0v) is 22.6. The van der Waals surface area contributed by atoms with E-state index in [9.17, 15) is 27.2 Å². The van der Waals surface area contributed by atoms with Gasteiger partial charge in [0.2, 0.25) is 5.95 Å². The van der Waals surface area contributed by atoms with E-state index in [1.807, 2.05) is 0 Å². The van der Waals surface area contributed by atoms with Gasteiger partial charge in [-0.15, -0.1) is 0 Å². The van der Waals surface area contributed by atoms with Crippen LogP contribution >= 0.6 is 0 Å². The van der Waals surface area contributed by atoms with Gasteiger partial charge < -0.3 is 31.1 Å². The number of rotatable bonds is 10. The molecular weight excluding hydrogens is 572 g/mol. The summed E-state index contributed by atoms with van der Waals surface area (Å²) in [6.45, 7) is 1.75. The number of hydrogen-bond acceptors (Lipinski definition) is 8. The molecule has 1 aromatic heterocycles. The van der Waals surface area contributed by atoms with Gasteiger partial charge in [-0.2, -0.15) is 18.2 Å². The molecule has 0 unspecified atom stereocenters. The second-order valence-electron chi connectivity index (χ2n) is 9.14. The summed E-state index contributed by atoms with van der Waals surface area (Å²) in [5.74, 6) is -0.911. The maximum Gasteiger partial charge on any atom is 0.416 e. The van der Waals surface area contributed by atoms with E-state index >= 15 is 0 Å². The van der Waals surface area contributed by atoms with Gasteiger partial charge in [0.05, 0.1) is 17.7 Å². The number of esters is 1. The molecule has 0 radical (unpaired) electrons. The first-order valence-electron chi connectivity index (χ1n) is 12.8. The van der Waals surface area contributed by atoms with Crippen LogP contribution in [0.15, 0.2) is 72.9 Å². The molecule has 224 valence electrons. The molecule has 0 fully saturated rings. The third-order valence-electron chi connectivity index (χ3n) is 5.86. The van der Waals surface area contributed by atoms with Crippen molar-refractivity contribution in [2.75, 3.05) is 34.5 Å². The number of hydrogen-bond donors (Lipinski definition) is 5. The number of ether oxygens (including phenoxy) is 1. The van der Waals surface area contributed by atoms with E-state index in [1.54, 1.807) is 61.7 Å². The predicted octanol–water partition coefficient (Wildman–Crippen LogP) is 6.09. The Morgan fingerprint density at radius 2 is 1.65 bits per heavy atom. The number of aliphatic hydroxyl groups excluding tert-OH is 1. The minimum absolute atomic E-state index is 0.104. The standard InChI is InChI=1S/C29H26F4N6O4/c1-17-2-5-22(15-24(17)26(41)43-11-10-40)36-27-34-9-8-25(39-27)35-16-18-3-6-21(7-4-18)37-28(42)38-23-13-19(29(31,32)33)12-20(30)14-23/h2-9,12-15,40H,10-11,16H2,1H3,(H2,37,38,42)(H2,34,35,36,39). The molecule has 0 saturated heterocycles. The Kier molecular flexibility index (Phi) is 9.72. The van der Waals surface area contributed by atoms with E-state index in [0.29, 0.717) is 47.0 Å². The van der Waals surface area contributed by atoms with Gasteiger partial charge in [-0.25, -0.2) is 19.0 Å². The fraction of sp³-hybridized carbons (Fsp3) is 0.172. The number of aromatic nitrogens is 2. The van der Waals surface area contributed by atoms with Crippen molar-refractivity contribution in [3.63, 3.8) is 0 Å². The number of carbonyl (C=O) groups excluding carboxylic acids is 2. The average molecular weight is 599 g/mol. The van der Waals surface area contributed by atoms with Crippen LogP contribution in [0.2, 0.25) is 0 Å². The number of amides is 2.